The van der Waals surface area contributed by atoms with Crippen LogP contribution in [-0.2, 0) is 58.7 Å². The Morgan fingerprint density at radius 2 is 0.825 bits per heavy atom. The molecular weight excluding hydrogens is 1700 g/mol. The van der Waals surface area contributed by atoms with Crippen molar-refractivity contribution in [1.29, 1.82) is 10.5 Å². The van der Waals surface area contributed by atoms with Gasteiger partial charge in [-0.05, 0) is 184 Å². The number of aromatic amines is 2. The number of carboxylic acids is 1. The molecule has 0 aliphatic carbocycles. The maximum Gasteiger partial charge on any atom is 1.00 e. The predicted octanol–water partition coefficient (Wildman–Crippen LogP) is 11.0. The molecule has 0 saturated heterocycles. The number of aromatic carboxylic acids is 1. The summed E-state index contributed by atoms with van der Waals surface area (Å²) in [6, 6.07) is 30.1. The van der Waals surface area contributed by atoms with E-state index >= 15 is 0 Å². The van der Waals surface area contributed by atoms with Gasteiger partial charge in [-0.3, -0.25) is 34.2 Å². The summed E-state index contributed by atoms with van der Waals surface area (Å²) < 4.78 is 31.2. The first-order valence-electron chi connectivity index (χ1n) is 35.6. The second-order valence-electron chi connectivity index (χ2n) is 24.9. The second kappa shape index (κ2) is 57.2. The third kappa shape index (κ3) is 37.1. The molecule has 35 nitrogen and oxygen atoms in total. The average Bonchev–Trinajstić information content (AvgIpc) is 1.66. The van der Waals surface area contributed by atoms with E-state index in [1.807, 2.05) is 54.5 Å². The molecule has 0 aliphatic rings. The zero-order chi connectivity index (χ0) is 91.2. The van der Waals surface area contributed by atoms with Crippen LogP contribution in [0.15, 0.2) is 108 Å². The van der Waals surface area contributed by atoms with E-state index in [4.69, 9.17) is 103 Å². The Labute approximate surface area is 760 Å². The molecule has 4 heterocycles. The van der Waals surface area contributed by atoms with Gasteiger partial charge in [-0.2, -0.15) is 30.9 Å². The number of nitriles is 2. The number of hydrogen-bond donors (Lipinski definition) is 8. The first-order chi connectivity index (χ1) is 55.9. The van der Waals surface area contributed by atoms with Gasteiger partial charge in [0.05, 0.1) is 105 Å². The Morgan fingerprint density at radius 3 is 1.12 bits per heavy atom. The van der Waals surface area contributed by atoms with Gasteiger partial charge in [0.15, 0.2) is 23.0 Å². The summed E-state index contributed by atoms with van der Waals surface area (Å²) in [5, 5.41) is 72.3. The van der Waals surface area contributed by atoms with Crippen LogP contribution in [0.4, 0.5) is 23.3 Å². The number of hydrogen-bond acceptors (Lipinski definition) is 26. The Bertz CT molecular complexity index is 4900. The van der Waals surface area contributed by atoms with Crippen LogP contribution in [0.5, 0.6) is 0 Å². The minimum Gasteiger partial charge on any atom is -0.867 e. The van der Waals surface area contributed by atoms with Crippen LogP contribution in [0, 0.1) is 50.4 Å². The Morgan fingerprint density at radius 1 is 0.517 bits per heavy atom. The molecule has 4 aromatic carbocycles. The van der Waals surface area contributed by atoms with Gasteiger partial charge < -0.3 is 65.4 Å². The monoisotopic (exact) mass is 1790 g/mol. The molecule has 3 amide bonds. The van der Waals surface area contributed by atoms with Crippen LogP contribution in [-0.4, -0.2) is 161 Å². The fourth-order valence-electron chi connectivity index (χ4n) is 8.45. The number of aromatic nitrogens is 8. The Balaban J connectivity index is 0. The van der Waals surface area contributed by atoms with E-state index in [0.29, 0.717) is 95.0 Å². The van der Waals surface area contributed by atoms with Crippen molar-refractivity contribution in [3.63, 3.8) is 0 Å². The Hall–Kier alpha value is -11.0. The number of carbonyl (C=O) groups excluding carboxylic acids is 10. The van der Waals surface area contributed by atoms with Crippen molar-refractivity contribution in [2.24, 2.45) is 0 Å². The van der Waals surface area contributed by atoms with Gasteiger partial charge in [-0.25, -0.2) is 42.9 Å². The molecule has 0 spiro atoms. The number of carbonyl (C=O) groups is 12. The first kappa shape index (κ1) is 111. The van der Waals surface area contributed by atoms with Gasteiger partial charge in [0, 0.05) is 34.2 Å². The number of nitrogens with two attached hydrogens (primary N) is 1. The summed E-state index contributed by atoms with van der Waals surface area (Å²) in [5.41, 5.74) is 9.13. The normalized spacial score (nSPS) is 10.1. The summed E-state index contributed by atoms with van der Waals surface area (Å²) in [4.78, 5) is 133. The molecule has 0 fully saturated rings. The molecule has 4 aromatic heterocycles. The topological polar surface area (TPSA) is 526 Å². The molecule has 0 saturated carbocycles. The number of amides is 3. The number of nitrogens with zero attached hydrogens (tertiary/aromatic N) is 8. The molecule has 0 bridgehead atoms. The maximum atomic E-state index is 12.6. The third-order valence-corrected chi connectivity index (χ3v) is 15.7. The number of nitrogens with one attached hydrogen (secondary N) is 5. The number of carboxylic acid groups (broad SMARTS) is 2. The molecule has 9 N–H and O–H groups in total. The third-order valence-electron chi connectivity index (χ3n) is 14.2. The summed E-state index contributed by atoms with van der Waals surface area (Å²) >= 11 is 28.7. The van der Waals surface area contributed by atoms with Gasteiger partial charge in [0.1, 0.15) is 23.0 Å². The second-order valence-corrected chi connectivity index (χ2v) is 26.8. The van der Waals surface area contributed by atoms with Crippen LogP contribution in [0.25, 0.3) is 0 Å². The van der Waals surface area contributed by atoms with Crippen molar-refractivity contribution in [2.45, 2.75) is 142 Å². The standard InChI is InChI=1S/C18H22ClN3O3.C14H14ClN3O3.C12H10ClN3O3.C11H19N3O2.C7H4Cl2O.C7H9NO3.C6H10O4.C3H5N.CH2O2.K/c1-6-25-17(24)14-11(2)15(22(21-14)18(3,4)5)20-16(23)12-9-7-8-10-13(12)19;1-3-21-14(20)11-8(2)12(18-17-11)16-13(19)9-6-4-5-7-10(9)15;1-6-9(12(18)19)15-16-10(6)14-11(17)7-4-2-3-5-8(7)13;1-6-16-10(15)8-7(2)9(12)14(13-8)11(3,4)5;8-6-4-2-1-3-5(6)7(9)10;1-3-11-7(10)6(9)5(2)4-8;1-3-9-5(7)6(8)10-4-2;1-2-3-4;2-1-3;/h7-10H,6H2,1-5H3,(H,20,23);4-7H,3H2,1-2H3,(H2,16,17,18,19);2-5H,1H3,(H,18,19)(H2,14,15,16,17);6,12H2,1-5H3;1-4H;9H,3H2,1-2H3;3-4H2,1-2H3;2H2,1H3;1H,(H,2,3);/q;;;;;;;;;+1/p-1/b;;;;;6-5-;;;;. The zero-order valence-electron chi connectivity index (χ0n) is 69.5. The fraction of sp³-hybridized carbons (Fsp3) is 0.342. The molecule has 642 valence electrons. The first-order valence-corrected chi connectivity index (χ1v) is 37.4. The number of nitrogen functional groups attached to an aromatic ring is 1. The summed E-state index contributed by atoms with van der Waals surface area (Å²) in [6.07, 6.45) is 0.625. The number of benzene rings is 4. The van der Waals surface area contributed by atoms with E-state index in [2.05, 4.69) is 60.8 Å². The summed E-state index contributed by atoms with van der Waals surface area (Å²) in [7, 11) is 0. The molecule has 8 aromatic rings. The predicted molar refractivity (Wildman–Crippen MR) is 442 cm³/mol. The molecule has 0 aliphatic heterocycles. The number of H-pyrrole nitrogens is 2. The van der Waals surface area contributed by atoms with E-state index in [1.165, 1.54) is 6.92 Å². The molecule has 0 atom stereocenters. The van der Waals surface area contributed by atoms with Crippen molar-refractivity contribution >= 4 is 152 Å². The zero-order valence-corrected chi connectivity index (χ0v) is 76.4. The van der Waals surface area contributed by atoms with Gasteiger partial charge in [0.25, 0.3) is 29.4 Å². The van der Waals surface area contributed by atoms with E-state index in [1.54, 1.807) is 182 Å². The van der Waals surface area contributed by atoms with Gasteiger partial charge in [-0.1, -0.05) is 102 Å². The van der Waals surface area contributed by atoms with Crippen molar-refractivity contribution in [1.82, 2.24) is 40.0 Å². The smallest absolute Gasteiger partial charge is 0.867 e. The minimum atomic E-state index is -1.14. The molecular formula is C79H94Cl5KN14O21. The fourth-order valence-corrected chi connectivity index (χ4v) is 9.55. The molecule has 120 heavy (non-hydrogen) atoms. The van der Waals surface area contributed by atoms with Gasteiger partial charge >= 0.3 is 93.2 Å². The quantitative estimate of drug-likeness (QED) is 0.00455. The van der Waals surface area contributed by atoms with Gasteiger partial charge in [-0.15, -0.1) is 0 Å². The minimum absolute atomic E-state index is 0. The number of esters is 6. The Kier molecular flexibility index (Phi) is 52.9. The van der Waals surface area contributed by atoms with Crippen molar-refractivity contribution in [2.75, 3.05) is 61.3 Å². The van der Waals surface area contributed by atoms with Crippen LogP contribution < -0.4 is 78.2 Å². The number of rotatable bonds is 18. The molecule has 41 heteroatoms. The number of allylic oxidation sites excluding steroid dienone is 1. The van der Waals surface area contributed by atoms with Crippen molar-refractivity contribution in [3.8, 4) is 12.1 Å². The SMILES string of the molecule is CCC#N.CCOC(=O)/C([O-])=C(\C)C#N.CCOC(=O)C(=O)OCC.CCOC(=O)c1[nH]nc(NC(=O)c2ccccc2Cl)c1C.CCOC(=O)c1nn(C(C)(C)C)c(N)c1C.CCOC(=O)c1nn(C(C)(C)C)c(NC(=O)c2ccccc2Cl)c1C.Cc1c(NC(=O)c2ccccc2Cl)n[nH]c1C(=O)O.O=C(Cl)c1ccccc1Cl.O=CO.[K+]. The average molecular weight is 1790 g/mol. The van der Waals surface area contributed by atoms with Crippen molar-refractivity contribution in [3.05, 3.63) is 196 Å². The van der Waals surface area contributed by atoms with E-state index in [-0.39, 0.29) is 137 Å². The molecule has 8 rings (SSSR count). The van der Waals surface area contributed by atoms with E-state index < -0.39 is 70.1 Å². The van der Waals surface area contributed by atoms with Crippen LogP contribution in [0.3, 0.4) is 0 Å². The number of anilines is 4. The van der Waals surface area contributed by atoms with Gasteiger partial charge in [0.2, 0.25) is 0 Å². The molecule has 0 unspecified atom stereocenters. The molecule has 0 radical (unpaired) electrons. The van der Waals surface area contributed by atoms with Crippen LogP contribution in [0.2, 0.25) is 20.1 Å². The van der Waals surface area contributed by atoms with Crippen molar-refractivity contribution < 1.29 is 153 Å². The van der Waals surface area contributed by atoms with E-state index in [0.717, 1.165) is 0 Å². The van der Waals surface area contributed by atoms with Crippen LogP contribution >= 0.6 is 58.0 Å². The largest absolute Gasteiger partial charge is 1.00 e. The van der Waals surface area contributed by atoms with Crippen LogP contribution in [0.1, 0.15) is 209 Å². The van der Waals surface area contributed by atoms with E-state index in [9.17, 15) is 57.8 Å². The summed E-state index contributed by atoms with van der Waals surface area (Å²) in [6.45, 7) is 32.7. The maximum absolute atomic E-state index is 12.6. The number of ether oxygens (including phenoxy) is 6. The summed E-state index contributed by atoms with van der Waals surface area (Å²) in [5.74, 6) is -6.09. The number of halogens is 5.